The molecule has 2 aliphatic rings. The lowest BCUT2D eigenvalue weighted by atomic mass is 9.98. The van der Waals surface area contributed by atoms with E-state index in [4.69, 9.17) is 0 Å². The van der Waals surface area contributed by atoms with Gasteiger partial charge in [0, 0.05) is 39.1 Å². The Morgan fingerprint density at radius 3 is 2.36 bits per heavy atom. The second kappa shape index (κ2) is 7.35. The molecule has 3 rings (SSSR count). The highest BCUT2D eigenvalue weighted by atomic mass is 16.2. The van der Waals surface area contributed by atoms with Crippen LogP contribution in [-0.4, -0.2) is 66.5 Å². The first kappa shape index (κ1) is 17.6. The molecule has 8 nitrogen and oxygen atoms in total. The number of anilines is 2. The lowest BCUT2D eigenvalue weighted by Gasteiger charge is -2.32. The van der Waals surface area contributed by atoms with Crippen LogP contribution in [0, 0.1) is 19.8 Å². The number of carbonyl (C=O) groups is 2. The number of piperazine rings is 1. The summed E-state index contributed by atoms with van der Waals surface area (Å²) in [5, 5.41) is 5.70. The molecule has 25 heavy (non-hydrogen) atoms. The largest absolute Gasteiger partial charge is 0.355 e. The number of piperidine rings is 1. The Balaban J connectivity index is 1.70. The van der Waals surface area contributed by atoms with Crippen LogP contribution in [-0.2, 0) is 9.59 Å². The maximum Gasteiger partial charge on any atom is 0.229 e. The number of rotatable bonds is 3. The van der Waals surface area contributed by atoms with Gasteiger partial charge in [0.2, 0.25) is 17.8 Å². The summed E-state index contributed by atoms with van der Waals surface area (Å²) in [6.45, 7) is 7.98. The molecule has 1 aromatic heterocycles. The van der Waals surface area contributed by atoms with Crippen molar-refractivity contribution in [1.82, 2.24) is 20.2 Å². The van der Waals surface area contributed by atoms with E-state index in [0.29, 0.717) is 25.1 Å². The van der Waals surface area contributed by atoms with Gasteiger partial charge in [-0.05, 0) is 27.3 Å². The summed E-state index contributed by atoms with van der Waals surface area (Å²) in [5.74, 6) is 0.457. The minimum absolute atomic E-state index is 0.0104. The van der Waals surface area contributed by atoms with Crippen molar-refractivity contribution >= 4 is 23.5 Å². The van der Waals surface area contributed by atoms with E-state index in [1.165, 1.54) is 0 Å². The van der Waals surface area contributed by atoms with Crippen LogP contribution in [0.5, 0.6) is 0 Å². The minimum Gasteiger partial charge on any atom is -0.355 e. The Bertz CT molecular complexity index is 636. The van der Waals surface area contributed by atoms with Crippen LogP contribution >= 0.6 is 0 Å². The molecule has 8 heteroatoms. The molecule has 2 aliphatic heterocycles. The Labute approximate surface area is 148 Å². The molecule has 136 valence electrons. The molecule has 0 radical (unpaired) electrons. The second-order valence-corrected chi connectivity index (χ2v) is 6.89. The zero-order chi connectivity index (χ0) is 18.0. The predicted octanol–water partition coefficient (Wildman–Crippen LogP) is 0.310. The third kappa shape index (κ3) is 4.07. The van der Waals surface area contributed by atoms with Crippen LogP contribution in [0.15, 0.2) is 0 Å². The highest BCUT2D eigenvalue weighted by molar-refractivity contribution is 5.95. The summed E-state index contributed by atoms with van der Waals surface area (Å²) < 4.78 is 0. The average Bonchev–Trinajstić information content (AvgIpc) is 2.59. The third-order valence-electron chi connectivity index (χ3n) is 4.93. The van der Waals surface area contributed by atoms with Gasteiger partial charge in [-0.1, -0.05) is 0 Å². The van der Waals surface area contributed by atoms with E-state index in [1.54, 1.807) is 0 Å². The normalized spacial score (nSPS) is 21.8. The maximum absolute atomic E-state index is 12.5. The quantitative estimate of drug-likeness (QED) is 0.819. The van der Waals surface area contributed by atoms with Crippen molar-refractivity contribution < 1.29 is 9.59 Å². The number of nitrogens with zero attached hydrogens (tertiary/aromatic N) is 4. The number of nitrogens with one attached hydrogen (secondary N) is 2. The highest BCUT2D eigenvalue weighted by Crippen LogP contribution is 2.23. The lowest BCUT2D eigenvalue weighted by Crippen LogP contribution is -2.45. The van der Waals surface area contributed by atoms with Gasteiger partial charge >= 0.3 is 0 Å². The Morgan fingerprint density at radius 1 is 1.16 bits per heavy atom. The zero-order valence-electron chi connectivity index (χ0n) is 15.1. The summed E-state index contributed by atoms with van der Waals surface area (Å²) in [6.07, 6.45) is 0.977. The molecule has 0 aromatic carbocycles. The van der Waals surface area contributed by atoms with Gasteiger partial charge < -0.3 is 20.4 Å². The van der Waals surface area contributed by atoms with Crippen LogP contribution in [0.25, 0.3) is 0 Å². The van der Waals surface area contributed by atoms with E-state index in [9.17, 15) is 9.59 Å². The molecule has 0 aliphatic carbocycles. The van der Waals surface area contributed by atoms with E-state index in [0.717, 1.165) is 43.5 Å². The molecule has 3 heterocycles. The standard InChI is InChI=1S/C17H26N6O2/c1-11-15(21-16(25)13-4-5-14(24)18-10-13)12(2)20-17(19-11)23-8-6-22(3)7-9-23/h13H,4-10H2,1-3H3,(H,18,24)(H,21,25). The van der Waals surface area contributed by atoms with Gasteiger partial charge in [-0.25, -0.2) is 9.97 Å². The van der Waals surface area contributed by atoms with Gasteiger partial charge in [-0.3, -0.25) is 9.59 Å². The minimum atomic E-state index is -0.200. The second-order valence-electron chi connectivity index (χ2n) is 6.89. The molecule has 2 saturated heterocycles. The third-order valence-corrected chi connectivity index (χ3v) is 4.93. The Kier molecular flexibility index (Phi) is 5.17. The molecule has 0 spiro atoms. The van der Waals surface area contributed by atoms with Crippen molar-refractivity contribution in [3.63, 3.8) is 0 Å². The monoisotopic (exact) mass is 346 g/mol. The van der Waals surface area contributed by atoms with Crippen LogP contribution in [0.1, 0.15) is 24.2 Å². The van der Waals surface area contributed by atoms with E-state index in [2.05, 4.69) is 37.4 Å². The molecule has 1 aromatic rings. The van der Waals surface area contributed by atoms with Crippen LogP contribution in [0.2, 0.25) is 0 Å². The van der Waals surface area contributed by atoms with Gasteiger partial charge in [0.05, 0.1) is 23.0 Å². The van der Waals surface area contributed by atoms with Crippen molar-refractivity contribution in [2.75, 3.05) is 50.0 Å². The first-order chi connectivity index (χ1) is 11.9. The fourth-order valence-electron chi connectivity index (χ4n) is 3.21. The molecule has 2 amide bonds. The Hall–Kier alpha value is -2.22. The number of aryl methyl sites for hydroxylation is 2. The highest BCUT2D eigenvalue weighted by Gasteiger charge is 2.26. The van der Waals surface area contributed by atoms with E-state index in [-0.39, 0.29) is 17.7 Å². The van der Waals surface area contributed by atoms with E-state index < -0.39 is 0 Å². The predicted molar refractivity (Wildman–Crippen MR) is 95.6 cm³/mol. The number of hydrogen-bond donors (Lipinski definition) is 2. The lowest BCUT2D eigenvalue weighted by molar-refractivity contribution is -0.126. The summed E-state index contributed by atoms with van der Waals surface area (Å²) in [7, 11) is 2.11. The molecular formula is C17H26N6O2. The summed E-state index contributed by atoms with van der Waals surface area (Å²) >= 11 is 0. The maximum atomic E-state index is 12.5. The van der Waals surface area contributed by atoms with Gasteiger partial charge in [-0.15, -0.1) is 0 Å². The number of hydrogen-bond acceptors (Lipinski definition) is 6. The SMILES string of the molecule is Cc1nc(N2CCN(C)CC2)nc(C)c1NC(=O)C1CCC(=O)NC1. The van der Waals surface area contributed by atoms with E-state index in [1.807, 2.05) is 13.8 Å². The molecule has 1 unspecified atom stereocenters. The first-order valence-electron chi connectivity index (χ1n) is 8.80. The molecule has 1 atom stereocenters. The number of carbonyl (C=O) groups excluding carboxylic acids is 2. The fourth-order valence-corrected chi connectivity index (χ4v) is 3.21. The first-order valence-corrected chi connectivity index (χ1v) is 8.80. The molecule has 0 saturated carbocycles. The van der Waals surface area contributed by atoms with E-state index >= 15 is 0 Å². The summed E-state index contributed by atoms with van der Waals surface area (Å²) in [5.41, 5.74) is 2.23. The van der Waals surface area contributed by atoms with Crippen LogP contribution in [0.4, 0.5) is 11.6 Å². The fraction of sp³-hybridized carbons (Fsp3) is 0.647. The van der Waals surface area contributed by atoms with Gasteiger partial charge in [0.1, 0.15) is 0 Å². The number of aromatic nitrogens is 2. The molecule has 2 N–H and O–H groups in total. The van der Waals surface area contributed by atoms with Crippen molar-refractivity contribution in [2.24, 2.45) is 5.92 Å². The summed E-state index contributed by atoms with van der Waals surface area (Å²) in [4.78, 5) is 37.4. The van der Waals surface area contributed by atoms with Crippen LogP contribution < -0.4 is 15.5 Å². The Morgan fingerprint density at radius 2 is 1.80 bits per heavy atom. The molecule has 0 bridgehead atoms. The molecule has 2 fully saturated rings. The van der Waals surface area contributed by atoms with Crippen molar-refractivity contribution in [3.05, 3.63) is 11.4 Å². The van der Waals surface area contributed by atoms with Gasteiger partial charge in [0.25, 0.3) is 0 Å². The van der Waals surface area contributed by atoms with Gasteiger partial charge in [-0.2, -0.15) is 0 Å². The molecular weight excluding hydrogens is 320 g/mol. The van der Waals surface area contributed by atoms with Gasteiger partial charge in [0.15, 0.2) is 0 Å². The van der Waals surface area contributed by atoms with Crippen molar-refractivity contribution in [3.8, 4) is 0 Å². The van der Waals surface area contributed by atoms with Crippen LogP contribution in [0.3, 0.4) is 0 Å². The zero-order valence-corrected chi connectivity index (χ0v) is 15.1. The number of likely N-dealkylation sites (N-methyl/N-ethyl adjacent to an activating group) is 1. The average molecular weight is 346 g/mol. The smallest absolute Gasteiger partial charge is 0.229 e. The van der Waals surface area contributed by atoms with Crippen molar-refractivity contribution in [2.45, 2.75) is 26.7 Å². The summed E-state index contributed by atoms with van der Waals surface area (Å²) in [6, 6.07) is 0. The number of amides is 2. The topological polar surface area (TPSA) is 90.5 Å². The van der Waals surface area contributed by atoms with Crippen molar-refractivity contribution in [1.29, 1.82) is 0 Å².